The summed E-state index contributed by atoms with van der Waals surface area (Å²) in [5, 5.41) is 6.81. The van der Waals surface area contributed by atoms with Gasteiger partial charge in [0.25, 0.3) is 0 Å². The second-order valence-corrected chi connectivity index (χ2v) is 6.36. The van der Waals surface area contributed by atoms with Crippen LogP contribution in [-0.2, 0) is 6.54 Å². The lowest BCUT2D eigenvalue weighted by Crippen LogP contribution is -1.98. The van der Waals surface area contributed by atoms with Crippen molar-refractivity contribution in [3.05, 3.63) is 48.5 Å². The Bertz CT molecular complexity index is 539. The third kappa shape index (κ3) is 3.38. The van der Waals surface area contributed by atoms with Crippen molar-refractivity contribution in [3.8, 4) is 0 Å². The van der Waals surface area contributed by atoms with Crippen molar-refractivity contribution in [3.63, 3.8) is 0 Å². The van der Waals surface area contributed by atoms with Crippen LogP contribution in [0.3, 0.4) is 0 Å². The Morgan fingerprint density at radius 1 is 1.29 bits per heavy atom. The van der Waals surface area contributed by atoms with E-state index in [2.05, 4.69) is 21.2 Å². The molecule has 0 saturated heterocycles. The van der Waals surface area contributed by atoms with Crippen molar-refractivity contribution in [2.45, 2.75) is 13.5 Å². The monoisotopic (exact) mass is 349 g/mol. The van der Waals surface area contributed by atoms with E-state index in [0.717, 1.165) is 32.3 Å². The van der Waals surface area contributed by atoms with Gasteiger partial charge in [-0.05, 0) is 46.6 Å². The molecule has 5 heteroatoms. The standard InChI is InChI=1S/C12H10BrCl2NS/c1-7-2-10(13)12(4-11(7)15)16-5-9-3-8(14)6-17-9/h2-4,6,16H,5H2,1H3. The Kier molecular flexibility index (Phi) is 4.36. The zero-order valence-corrected chi connectivity index (χ0v) is 13.0. The maximum Gasteiger partial charge on any atom is 0.0516 e. The molecule has 1 nitrogen and oxygen atoms in total. The molecular weight excluding hydrogens is 341 g/mol. The van der Waals surface area contributed by atoms with Crippen LogP contribution in [0.25, 0.3) is 0 Å². The normalized spacial score (nSPS) is 10.6. The molecule has 2 aromatic rings. The quantitative estimate of drug-likeness (QED) is 0.744. The van der Waals surface area contributed by atoms with E-state index < -0.39 is 0 Å². The predicted octanol–water partition coefficient (Wildman–Crippen LogP) is 5.74. The first-order valence-electron chi connectivity index (χ1n) is 4.98. The van der Waals surface area contributed by atoms with Crippen molar-refractivity contribution in [1.29, 1.82) is 0 Å². The minimum Gasteiger partial charge on any atom is -0.379 e. The van der Waals surface area contributed by atoms with Gasteiger partial charge in [0.15, 0.2) is 0 Å². The fraction of sp³-hybridized carbons (Fsp3) is 0.167. The highest BCUT2D eigenvalue weighted by Crippen LogP contribution is 2.30. The molecule has 0 aliphatic carbocycles. The van der Waals surface area contributed by atoms with Gasteiger partial charge >= 0.3 is 0 Å². The van der Waals surface area contributed by atoms with Crippen molar-refractivity contribution < 1.29 is 0 Å². The van der Waals surface area contributed by atoms with Crippen LogP contribution < -0.4 is 5.32 Å². The lowest BCUT2D eigenvalue weighted by Gasteiger charge is -2.09. The molecule has 1 aromatic carbocycles. The SMILES string of the molecule is Cc1cc(Br)c(NCc2cc(Cl)cs2)cc1Cl. The fourth-order valence-corrected chi connectivity index (χ4v) is 3.18. The lowest BCUT2D eigenvalue weighted by atomic mass is 10.2. The van der Waals surface area contributed by atoms with E-state index >= 15 is 0 Å². The van der Waals surface area contributed by atoms with Gasteiger partial charge in [-0.25, -0.2) is 0 Å². The minimum absolute atomic E-state index is 0.745. The topological polar surface area (TPSA) is 12.0 Å². The molecule has 2 rings (SSSR count). The van der Waals surface area contributed by atoms with E-state index in [1.807, 2.05) is 30.5 Å². The van der Waals surface area contributed by atoms with Crippen molar-refractivity contribution >= 4 is 56.2 Å². The maximum absolute atomic E-state index is 6.09. The summed E-state index contributed by atoms with van der Waals surface area (Å²) in [4.78, 5) is 1.19. The summed E-state index contributed by atoms with van der Waals surface area (Å²) in [5.41, 5.74) is 2.05. The molecule has 0 spiro atoms. The summed E-state index contributed by atoms with van der Waals surface area (Å²) in [5.74, 6) is 0. The first kappa shape index (κ1) is 13.2. The largest absolute Gasteiger partial charge is 0.379 e. The zero-order chi connectivity index (χ0) is 12.4. The number of aryl methyl sites for hydroxylation is 1. The number of benzene rings is 1. The van der Waals surface area contributed by atoms with Crippen LogP contribution in [0, 0.1) is 6.92 Å². The molecule has 0 unspecified atom stereocenters. The highest BCUT2D eigenvalue weighted by atomic mass is 79.9. The highest BCUT2D eigenvalue weighted by Gasteiger charge is 2.05. The fourth-order valence-electron chi connectivity index (χ4n) is 1.41. The van der Waals surface area contributed by atoms with Crippen LogP contribution in [0.5, 0.6) is 0 Å². The number of rotatable bonds is 3. The molecule has 1 N–H and O–H groups in total. The van der Waals surface area contributed by atoms with Crippen molar-refractivity contribution in [2.24, 2.45) is 0 Å². The Labute approximate surface area is 123 Å². The summed E-state index contributed by atoms with van der Waals surface area (Å²) in [6, 6.07) is 5.89. The van der Waals surface area contributed by atoms with Crippen LogP contribution in [-0.4, -0.2) is 0 Å². The average molecular weight is 351 g/mol. The van der Waals surface area contributed by atoms with E-state index in [9.17, 15) is 0 Å². The third-order valence-electron chi connectivity index (χ3n) is 2.32. The summed E-state index contributed by atoms with van der Waals surface area (Å²) in [7, 11) is 0. The van der Waals surface area contributed by atoms with Crippen LogP contribution in [0.4, 0.5) is 5.69 Å². The van der Waals surface area contributed by atoms with Crippen molar-refractivity contribution in [1.82, 2.24) is 0 Å². The van der Waals surface area contributed by atoms with Gasteiger partial charge in [-0.2, -0.15) is 0 Å². The molecular formula is C12H10BrCl2NS. The summed E-state index contributed by atoms with van der Waals surface area (Å²) >= 11 is 17.1. The Morgan fingerprint density at radius 2 is 2.06 bits per heavy atom. The highest BCUT2D eigenvalue weighted by molar-refractivity contribution is 9.10. The van der Waals surface area contributed by atoms with Gasteiger partial charge in [-0.15, -0.1) is 11.3 Å². The summed E-state index contributed by atoms with van der Waals surface area (Å²) < 4.78 is 1.02. The summed E-state index contributed by atoms with van der Waals surface area (Å²) in [6.07, 6.45) is 0. The number of hydrogen-bond donors (Lipinski definition) is 1. The molecule has 0 fully saturated rings. The first-order chi connectivity index (χ1) is 8.06. The maximum atomic E-state index is 6.09. The van der Waals surface area contributed by atoms with Gasteiger partial charge in [0, 0.05) is 26.3 Å². The Hall–Kier alpha value is -0.220. The van der Waals surface area contributed by atoms with Crippen LogP contribution in [0.2, 0.25) is 10.0 Å². The van der Waals surface area contributed by atoms with Crippen LogP contribution in [0.15, 0.2) is 28.1 Å². The van der Waals surface area contributed by atoms with Gasteiger partial charge in [-0.1, -0.05) is 23.2 Å². The predicted molar refractivity (Wildman–Crippen MR) is 80.5 cm³/mol. The molecule has 90 valence electrons. The Morgan fingerprint density at radius 3 is 2.71 bits per heavy atom. The van der Waals surface area contributed by atoms with Gasteiger partial charge < -0.3 is 5.32 Å². The average Bonchev–Trinajstić information content (AvgIpc) is 2.68. The Balaban J connectivity index is 2.11. The van der Waals surface area contributed by atoms with E-state index in [1.165, 1.54) is 4.88 Å². The van der Waals surface area contributed by atoms with E-state index in [1.54, 1.807) is 11.3 Å². The third-order valence-corrected chi connectivity index (χ3v) is 4.67. The zero-order valence-electron chi connectivity index (χ0n) is 9.06. The van der Waals surface area contributed by atoms with Gasteiger partial charge in [0.05, 0.1) is 10.7 Å². The minimum atomic E-state index is 0.745. The second-order valence-electron chi connectivity index (χ2n) is 3.67. The lowest BCUT2D eigenvalue weighted by molar-refractivity contribution is 1.19. The van der Waals surface area contributed by atoms with Crippen LogP contribution in [0.1, 0.15) is 10.4 Å². The van der Waals surface area contributed by atoms with E-state index in [0.29, 0.717) is 0 Å². The smallest absolute Gasteiger partial charge is 0.0516 e. The number of anilines is 1. The number of nitrogens with one attached hydrogen (secondary N) is 1. The summed E-state index contributed by atoms with van der Waals surface area (Å²) in [6.45, 7) is 2.73. The van der Waals surface area contributed by atoms with E-state index in [-0.39, 0.29) is 0 Å². The second kappa shape index (κ2) is 5.61. The molecule has 0 amide bonds. The van der Waals surface area contributed by atoms with Gasteiger partial charge in [0.1, 0.15) is 0 Å². The van der Waals surface area contributed by atoms with Gasteiger partial charge in [-0.3, -0.25) is 0 Å². The van der Waals surface area contributed by atoms with Crippen LogP contribution >= 0.6 is 50.5 Å². The first-order valence-corrected chi connectivity index (χ1v) is 7.41. The number of hydrogen-bond acceptors (Lipinski definition) is 2. The molecule has 0 aliphatic heterocycles. The molecule has 0 atom stereocenters. The molecule has 1 aromatic heterocycles. The number of halogens is 3. The van der Waals surface area contributed by atoms with Crippen molar-refractivity contribution in [2.75, 3.05) is 5.32 Å². The van der Waals surface area contributed by atoms with E-state index in [4.69, 9.17) is 23.2 Å². The molecule has 0 saturated carbocycles. The van der Waals surface area contributed by atoms with Gasteiger partial charge in [0.2, 0.25) is 0 Å². The molecule has 1 heterocycles. The number of thiophene rings is 1. The molecule has 0 bridgehead atoms. The molecule has 0 aliphatic rings. The molecule has 0 radical (unpaired) electrons. The molecule has 17 heavy (non-hydrogen) atoms.